The van der Waals surface area contributed by atoms with Crippen LogP contribution in [0.3, 0.4) is 0 Å². The highest BCUT2D eigenvalue weighted by Crippen LogP contribution is 2.19. The average molecular weight is 295 g/mol. The Kier molecular flexibility index (Phi) is 5.27. The summed E-state index contributed by atoms with van der Waals surface area (Å²) in [7, 11) is 0. The van der Waals surface area contributed by atoms with Crippen LogP contribution in [0.2, 0.25) is 0 Å². The maximum absolute atomic E-state index is 12.9. The first-order valence-corrected chi connectivity index (χ1v) is 6.88. The normalized spacial score (nSPS) is 19.0. The molecule has 1 aromatic rings. The number of halogens is 1. The molecule has 5 nitrogen and oxygen atoms in total. The lowest BCUT2D eigenvalue weighted by Crippen LogP contribution is -2.36. The smallest absolute Gasteiger partial charge is 0.303 e. The number of esters is 1. The van der Waals surface area contributed by atoms with Crippen LogP contribution in [0.25, 0.3) is 0 Å². The van der Waals surface area contributed by atoms with Gasteiger partial charge in [-0.3, -0.25) is 9.59 Å². The molecular weight excluding hydrogens is 277 g/mol. The summed E-state index contributed by atoms with van der Waals surface area (Å²) in [4.78, 5) is 23.3. The average Bonchev–Trinajstić information content (AvgIpc) is 2.96. The van der Waals surface area contributed by atoms with Crippen LogP contribution in [0.4, 0.5) is 4.39 Å². The molecule has 0 saturated carbocycles. The Bertz CT molecular complexity index is 497. The van der Waals surface area contributed by atoms with Crippen molar-refractivity contribution in [1.82, 2.24) is 5.32 Å². The van der Waals surface area contributed by atoms with Gasteiger partial charge in [0.15, 0.2) is 0 Å². The van der Waals surface area contributed by atoms with E-state index in [0.29, 0.717) is 18.7 Å². The summed E-state index contributed by atoms with van der Waals surface area (Å²) in [5.41, 5.74) is 0.427. The highest BCUT2D eigenvalue weighted by molar-refractivity contribution is 5.84. The van der Waals surface area contributed by atoms with Crippen molar-refractivity contribution >= 4 is 11.9 Å². The Hall–Kier alpha value is -1.95. The molecule has 1 aromatic carbocycles. The van der Waals surface area contributed by atoms with E-state index in [0.717, 1.165) is 12.8 Å². The van der Waals surface area contributed by atoms with Gasteiger partial charge in [0.25, 0.3) is 5.91 Å². The van der Waals surface area contributed by atoms with E-state index < -0.39 is 23.8 Å². The minimum absolute atomic E-state index is 0.000135. The first kappa shape index (κ1) is 15.4. The van der Waals surface area contributed by atoms with E-state index in [1.807, 2.05) is 0 Å². The third kappa shape index (κ3) is 4.53. The molecule has 0 aliphatic carbocycles. The SMILES string of the molecule is CC(=O)O[C@@H](C(=O)NC[C@H]1CCCO1)c1ccc(F)cc1. The highest BCUT2D eigenvalue weighted by Gasteiger charge is 2.25. The number of hydrogen-bond donors (Lipinski definition) is 1. The van der Waals surface area contributed by atoms with Gasteiger partial charge >= 0.3 is 5.97 Å². The third-order valence-corrected chi connectivity index (χ3v) is 3.22. The van der Waals surface area contributed by atoms with Crippen molar-refractivity contribution in [3.63, 3.8) is 0 Å². The van der Waals surface area contributed by atoms with Crippen LogP contribution in [0.15, 0.2) is 24.3 Å². The van der Waals surface area contributed by atoms with E-state index in [1.54, 1.807) is 0 Å². The Morgan fingerprint density at radius 1 is 1.43 bits per heavy atom. The van der Waals surface area contributed by atoms with Crippen molar-refractivity contribution in [3.8, 4) is 0 Å². The van der Waals surface area contributed by atoms with Gasteiger partial charge in [0.05, 0.1) is 6.10 Å². The zero-order valence-electron chi connectivity index (χ0n) is 11.8. The zero-order chi connectivity index (χ0) is 15.2. The minimum Gasteiger partial charge on any atom is -0.447 e. The minimum atomic E-state index is -1.08. The predicted octanol–water partition coefficient (Wildman–Crippen LogP) is 1.73. The van der Waals surface area contributed by atoms with Crippen LogP contribution in [-0.2, 0) is 19.1 Å². The fourth-order valence-electron chi connectivity index (χ4n) is 2.19. The van der Waals surface area contributed by atoms with E-state index in [1.165, 1.54) is 31.2 Å². The third-order valence-electron chi connectivity index (χ3n) is 3.22. The second-order valence-electron chi connectivity index (χ2n) is 4.92. The van der Waals surface area contributed by atoms with Gasteiger partial charge in [-0.15, -0.1) is 0 Å². The monoisotopic (exact) mass is 295 g/mol. The lowest BCUT2D eigenvalue weighted by molar-refractivity contribution is -0.154. The van der Waals surface area contributed by atoms with Gasteiger partial charge in [0.2, 0.25) is 6.10 Å². The molecule has 0 bridgehead atoms. The molecule has 0 spiro atoms. The number of rotatable bonds is 5. The predicted molar refractivity (Wildman–Crippen MR) is 72.9 cm³/mol. The van der Waals surface area contributed by atoms with E-state index in [9.17, 15) is 14.0 Å². The van der Waals surface area contributed by atoms with Gasteiger partial charge < -0.3 is 14.8 Å². The van der Waals surface area contributed by atoms with Crippen LogP contribution in [0, 0.1) is 5.82 Å². The highest BCUT2D eigenvalue weighted by atomic mass is 19.1. The number of ether oxygens (including phenoxy) is 2. The Morgan fingerprint density at radius 3 is 2.71 bits per heavy atom. The number of carbonyl (C=O) groups excluding carboxylic acids is 2. The van der Waals surface area contributed by atoms with Gasteiger partial charge in [-0.1, -0.05) is 12.1 Å². The first-order chi connectivity index (χ1) is 10.1. The van der Waals surface area contributed by atoms with Crippen molar-refractivity contribution < 1.29 is 23.5 Å². The Balaban J connectivity index is 2.01. The van der Waals surface area contributed by atoms with Crippen molar-refractivity contribution in [1.29, 1.82) is 0 Å². The van der Waals surface area contributed by atoms with Crippen molar-refractivity contribution in [2.45, 2.75) is 32.0 Å². The van der Waals surface area contributed by atoms with Gasteiger partial charge in [-0.2, -0.15) is 0 Å². The molecule has 21 heavy (non-hydrogen) atoms. The zero-order valence-corrected chi connectivity index (χ0v) is 11.8. The summed E-state index contributed by atoms with van der Waals surface area (Å²) in [6.07, 6.45) is 0.797. The topological polar surface area (TPSA) is 64.6 Å². The van der Waals surface area contributed by atoms with Crippen LogP contribution < -0.4 is 5.32 Å². The summed E-state index contributed by atoms with van der Waals surface area (Å²) in [5.74, 6) is -1.43. The standard InChI is InChI=1S/C15H18FNO4/c1-10(18)21-14(11-4-6-12(16)7-5-11)15(19)17-9-13-3-2-8-20-13/h4-7,13-14H,2-3,8-9H2,1H3,(H,17,19)/t13-,14-/m1/s1. The molecule has 6 heteroatoms. The molecule has 1 saturated heterocycles. The van der Waals surface area contributed by atoms with Crippen molar-refractivity contribution in [2.24, 2.45) is 0 Å². The molecule has 0 radical (unpaired) electrons. The largest absolute Gasteiger partial charge is 0.447 e. The van der Waals surface area contributed by atoms with Crippen molar-refractivity contribution in [2.75, 3.05) is 13.2 Å². The molecule has 1 heterocycles. The van der Waals surface area contributed by atoms with Crippen molar-refractivity contribution in [3.05, 3.63) is 35.6 Å². The van der Waals surface area contributed by atoms with Crippen LogP contribution >= 0.6 is 0 Å². The lowest BCUT2D eigenvalue weighted by Gasteiger charge is -2.18. The quantitative estimate of drug-likeness (QED) is 0.840. The summed E-state index contributed by atoms with van der Waals surface area (Å²) in [5, 5.41) is 2.71. The summed E-state index contributed by atoms with van der Waals surface area (Å²) in [6, 6.07) is 5.29. The molecule has 1 fully saturated rings. The molecule has 0 aromatic heterocycles. The molecule has 1 aliphatic heterocycles. The summed E-state index contributed by atoms with van der Waals surface area (Å²) >= 11 is 0. The molecule has 1 amide bonds. The van der Waals surface area contributed by atoms with Crippen LogP contribution in [0.5, 0.6) is 0 Å². The second-order valence-corrected chi connectivity index (χ2v) is 4.92. The molecule has 2 atom stereocenters. The van der Waals surface area contributed by atoms with E-state index in [-0.39, 0.29) is 6.10 Å². The van der Waals surface area contributed by atoms with Gasteiger partial charge in [-0.05, 0) is 25.0 Å². The number of hydrogen-bond acceptors (Lipinski definition) is 4. The van der Waals surface area contributed by atoms with Crippen LogP contribution in [0.1, 0.15) is 31.4 Å². The van der Waals surface area contributed by atoms with Gasteiger partial charge in [-0.25, -0.2) is 4.39 Å². The van der Waals surface area contributed by atoms with Crippen LogP contribution in [-0.4, -0.2) is 31.1 Å². The number of amides is 1. The van der Waals surface area contributed by atoms with Gasteiger partial charge in [0.1, 0.15) is 5.82 Å². The maximum Gasteiger partial charge on any atom is 0.303 e. The fourth-order valence-corrected chi connectivity index (χ4v) is 2.19. The molecule has 114 valence electrons. The lowest BCUT2D eigenvalue weighted by atomic mass is 10.1. The summed E-state index contributed by atoms with van der Waals surface area (Å²) < 4.78 is 23.4. The first-order valence-electron chi connectivity index (χ1n) is 6.88. The molecule has 0 unspecified atom stereocenters. The number of nitrogens with one attached hydrogen (secondary N) is 1. The Labute approximate surface area is 122 Å². The van der Waals surface area contributed by atoms with E-state index >= 15 is 0 Å². The Morgan fingerprint density at radius 2 is 2.14 bits per heavy atom. The van der Waals surface area contributed by atoms with E-state index in [4.69, 9.17) is 9.47 Å². The van der Waals surface area contributed by atoms with Gasteiger partial charge in [0, 0.05) is 25.6 Å². The molecule has 2 rings (SSSR count). The number of carbonyl (C=O) groups is 2. The fraction of sp³-hybridized carbons (Fsp3) is 0.467. The van der Waals surface area contributed by atoms with E-state index in [2.05, 4.69) is 5.32 Å². The second kappa shape index (κ2) is 7.17. The summed E-state index contributed by atoms with van der Waals surface area (Å²) in [6.45, 7) is 2.30. The number of benzene rings is 1. The molecule has 1 N–H and O–H groups in total. The maximum atomic E-state index is 12.9. The molecule has 1 aliphatic rings. The molecular formula is C15H18FNO4.